The van der Waals surface area contributed by atoms with Gasteiger partial charge in [-0.15, -0.1) is 0 Å². The van der Waals surface area contributed by atoms with Crippen LogP contribution in [0.15, 0.2) is 4.99 Å². The minimum absolute atomic E-state index is 0.585. The molecular formula is C12H27N3OSi. The van der Waals surface area contributed by atoms with E-state index in [0.717, 1.165) is 31.7 Å². The molecular weight excluding hydrogens is 230 g/mol. The van der Waals surface area contributed by atoms with Crippen molar-refractivity contribution in [3.8, 4) is 0 Å². The molecule has 0 unspecified atom stereocenters. The maximum absolute atomic E-state index is 7.03. The van der Waals surface area contributed by atoms with Crippen molar-refractivity contribution in [3.63, 3.8) is 0 Å². The summed E-state index contributed by atoms with van der Waals surface area (Å²) in [6, 6.07) is 1.19. The zero-order valence-electron chi connectivity index (χ0n) is 11.9. The third-order valence-electron chi connectivity index (χ3n) is 2.52. The molecule has 0 rings (SSSR count). The maximum Gasteiger partial charge on any atom is 0.119 e. The van der Waals surface area contributed by atoms with Gasteiger partial charge in [0.2, 0.25) is 0 Å². The fourth-order valence-corrected chi connectivity index (χ4v) is 2.13. The summed E-state index contributed by atoms with van der Waals surface area (Å²) in [5, 5.41) is 7.03. The zero-order chi connectivity index (χ0) is 13.3. The van der Waals surface area contributed by atoms with E-state index in [9.17, 15) is 0 Å². The van der Waals surface area contributed by atoms with Gasteiger partial charge in [-0.05, 0) is 13.0 Å². The molecule has 0 spiro atoms. The van der Waals surface area contributed by atoms with Gasteiger partial charge in [0.25, 0.3) is 0 Å². The smallest absolute Gasteiger partial charge is 0.119 e. The van der Waals surface area contributed by atoms with Gasteiger partial charge >= 0.3 is 0 Å². The number of rotatable bonds is 8. The number of hydrogen-bond acceptors (Lipinski definition) is 2. The lowest BCUT2D eigenvalue weighted by molar-refractivity contribution is 0.0749. The van der Waals surface area contributed by atoms with Crippen LogP contribution in [0.3, 0.4) is 0 Å². The molecule has 0 aliphatic rings. The highest BCUT2D eigenvalue weighted by Gasteiger charge is 2.13. The molecule has 4 nitrogen and oxygen atoms in total. The van der Waals surface area contributed by atoms with Crippen LogP contribution in [0.1, 0.15) is 20.3 Å². The van der Waals surface area contributed by atoms with Crippen molar-refractivity contribution in [2.75, 3.05) is 19.9 Å². The Labute approximate surface area is 107 Å². The highest BCUT2D eigenvalue weighted by Crippen LogP contribution is 2.08. The molecule has 0 aliphatic carbocycles. The Balaban J connectivity index is 4.06. The molecule has 0 aromatic heterocycles. The van der Waals surface area contributed by atoms with Crippen molar-refractivity contribution in [1.29, 1.82) is 5.41 Å². The quantitative estimate of drug-likeness (QED) is 0.239. The van der Waals surface area contributed by atoms with Crippen LogP contribution in [-0.2, 0) is 4.74 Å². The Bertz CT molecular complexity index is 249. The Hall–Kier alpha value is -0.683. The van der Waals surface area contributed by atoms with Crippen LogP contribution >= 0.6 is 0 Å². The highest BCUT2D eigenvalue weighted by atomic mass is 28.3. The first-order valence-electron chi connectivity index (χ1n) is 6.33. The predicted octanol–water partition coefficient (Wildman–Crippen LogP) is 3.04. The minimum atomic E-state index is -1.00. The summed E-state index contributed by atoms with van der Waals surface area (Å²) in [6.45, 7) is 13.5. The summed E-state index contributed by atoms with van der Waals surface area (Å²) in [4.78, 5) is 6.13. The fourth-order valence-electron chi connectivity index (χ4n) is 1.37. The van der Waals surface area contributed by atoms with E-state index in [1.807, 2.05) is 6.92 Å². The first kappa shape index (κ1) is 16.3. The topological polar surface area (TPSA) is 48.7 Å². The first-order valence-corrected chi connectivity index (χ1v) is 10.0. The van der Waals surface area contributed by atoms with Crippen LogP contribution in [0.5, 0.6) is 0 Å². The maximum atomic E-state index is 7.03. The van der Waals surface area contributed by atoms with Crippen LogP contribution in [0.25, 0.3) is 0 Å². The summed E-state index contributed by atoms with van der Waals surface area (Å²) in [5.41, 5.74) is 0. The van der Waals surface area contributed by atoms with Crippen LogP contribution in [0, 0.1) is 5.41 Å². The second-order valence-corrected chi connectivity index (χ2v) is 10.9. The number of hydrogen-bond donors (Lipinski definition) is 1. The largest absolute Gasteiger partial charge is 0.361 e. The van der Waals surface area contributed by atoms with Gasteiger partial charge in [0, 0.05) is 27.6 Å². The van der Waals surface area contributed by atoms with Crippen molar-refractivity contribution in [1.82, 2.24) is 4.90 Å². The van der Waals surface area contributed by atoms with E-state index in [1.165, 1.54) is 6.04 Å². The molecule has 0 aliphatic heterocycles. The lowest BCUT2D eigenvalue weighted by Gasteiger charge is -2.24. The van der Waals surface area contributed by atoms with Crippen molar-refractivity contribution < 1.29 is 4.74 Å². The number of amidine groups is 1. The second-order valence-electron chi connectivity index (χ2n) is 5.23. The van der Waals surface area contributed by atoms with Gasteiger partial charge in [-0.3, -0.25) is 5.41 Å². The summed E-state index contributed by atoms with van der Waals surface area (Å²) < 4.78 is 5.70. The van der Waals surface area contributed by atoms with E-state index < -0.39 is 8.07 Å². The van der Waals surface area contributed by atoms with E-state index in [2.05, 4.69) is 36.5 Å². The molecule has 17 heavy (non-hydrogen) atoms. The molecule has 100 valence electrons. The van der Waals surface area contributed by atoms with Crippen LogP contribution < -0.4 is 0 Å². The standard InChI is InChI=1S/C12H27N3OSi/c1-6-12(14-10-13)15(7-2)11-16-8-9-17(3,4)5/h10,13H,6-9,11H2,1-5H3/b13-10?,14-12+. The number of nitrogens with one attached hydrogen (secondary N) is 1. The van der Waals surface area contributed by atoms with Gasteiger partial charge in [0.15, 0.2) is 0 Å². The SMILES string of the molecule is CC/C(=N\C=N)N(CC)COCC[Si](C)(C)C. The molecule has 0 aromatic carbocycles. The van der Waals surface area contributed by atoms with E-state index in [0.29, 0.717) is 6.73 Å². The molecule has 5 heteroatoms. The molecule has 0 saturated heterocycles. The summed E-state index contributed by atoms with van der Waals surface area (Å²) in [5.74, 6) is 0.926. The molecule has 0 radical (unpaired) electrons. The number of aliphatic imine (C=N–C) groups is 1. The van der Waals surface area contributed by atoms with Crippen LogP contribution in [0.2, 0.25) is 25.7 Å². The van der Waals surface area contributed by atoms with Gasteiger partial charge in [0.1, 0.15) is 18.9 Å². The van der Waals surface area contributed by atoms with Crippen molar-refractivity contribution >= 4 is 20.2 Å². The number of nitrogens with zero attached hydrogens (tertiary/aromatic N) is 2. The third kappa shape index (κ3) is 8.10. The highest BCUT2D eigenvalue weighted by molar-refractivity contribution is 6.76. The molecule has 0 bridgehead atoms. The van der Waals surface area contributed by atoms with Crippen LogP contribution in [0.4, 0.5) is 0 Å². The van der Waals surface area contributed by atoms with Crippen molar-refractivity contribution in [2.24, 2.45) is 4.99 Å². The van der Waals surface area contributed by atoms with Gasteiger partial charge in [0.05, 0.1) is 0 Å². The monoisotopic (exact) mass is 257 g/mol. The molecule has 0 atom stereocenters. The van der Waals surface area contributed by atoms with E-state index in [1.54, 1.807) is 0 Å². The average Bonchev–Trinajstić information content (AvgIpc) is 2.25. The Morgan fingerprint density at radius 3 is 2.41 bits per heavy atom. The molecule has 0 fully saturated rings. The molecule has 0 heterocycles. The molecule has 1 N–H and O–H groups in total. The average molecular weight is 257 g/mol. The zero-order valence-corrected chi connectivity index (χ0v) is 12.9. The Kier molecular flexibility index (Phi) is 8.08. The molecule has 0 aromatic rings. The van der Waals surface area contributed by atoms with E-state index in [4.69, 9.17) is 10.1 Å². The number of ether oxygens (including phenoxy) is 1. The third-order valence-corrected chi connectivity index (χ3v) is 4.22. The second kappa shape index (κ2) is 8.41. The summed E-state index contributed by atoms with van der Waals surface area (Å²) in [7, 11) is -1.00. The van der Waals surface area contributed by atoms with Crippen LogP contribution in [-0.4, -0.2) is 45.0 Å². The molecule has 0 saturated carbocycles. The normalized spacial score (nSPS) is 12.6. The Morgan fingerprint density at radius 1 is 1.35 bits per heavy atom. The van der Waals surface area contributed by atoms with E-state index >= 15 is 0 Å². The van der Waals surface area contributed by atoms with Gasteiger partial charge in [-0.2, -0.15) is 0 Å². The van der Waals surface area contributed by atoms with Crippen molar-refractivity contribution in [2.45, 2.75) is 46.0 Å². The predicted molar refractivity (Wildman–Crippen MR) is 77.9 cm³/mol. The first-order chi connectivity index (χ1) is 7.94. The summed E-state index contributed by atoms with van der Waals surface area (Å²) in [6.07, 6.45) is 1.93. The summed E-state index contributed by atoms with van der Waals surface area (Å²) >= 11 is 0. The lowest BCUT2D eigenvalue weighted by Crippen LogP contribution is -2.33. The Morgan fingerprint density at radius 2 is 2.00 bits per heavy atom. The minimum Gasteiger partial charge on any atom is -0.361 e. The van der Waals surface area contributed by atoms with Gasteiger partial charge < -0.3 is 9.64 Å². The lowest BCUT2D eigenvalue weighted by atomic mass is 10.4. The van der Waals surface area contributed by atoms with E-state index in [-0.39, 0.29) is 0 Å². The van der Waals surface area contributed by atoms with Crippen molar-refractivity contribution in [3.05, 3.63) is 0 Å². The molecule has 0 amide bonds. The van der Waals surface area contributed by atoms with Gasteiger partial charge in [-0.1, -0.05) is 26.6 Å². The van der Waals surface area contributed by atoms with Gasteiger partial charge in [-0.25, -0.2) is 4.99 Å². The fraction of sp³-hybridized carbons (Fsp3) is 0.833.